The van der Waals surface area contributed by atoms with E-state index < -0.39 is 24.3 Å². The summed E-state index contributed by atoms with van der Waals surface area (Å²) in [5.41, 5.74) is 2.93. The Balaban J connectivity index is 1.51. The molecule has 0 spiro atoms. The summed E-state index contributed by atoms with van der Waals surface area (Å²) in [6, 6.07) is 16.3. The maximum Gasteiger partial charge on any atom is 0.277 e. The lowest BCUT2D eigenvalue weighted by Crippen LogP contribution is -2.30. The van der Waals surface area contributed by atoms with Gasteiger partial charge >= 0.3 is 0 Å². The maximum atomic E-state index is 13.3. The number of carbonyl (C=O) groups is 3. The fourth-order valence-corrected chi connectivity index (χ4v) is 4.69. The average Bonchev–Trinajstić information content (AvgIpc) is 3.27. The van der Waals surface area contributed by atoms with Crippen LogP contribution in [0.4, 0.5) is 11.4 Å². The number of para-hydroxylation sites is 1. The summed E-state index contributed by atoms with van der Waals surface area (Å²) in [4.78, 5) is 47.6. The van der Waals surface area contributed by atoms with Gasteiger partial charge < -0.3 is 10.6 Å². The van der Waals surface area contributed by atoms with Gasteiger partial charge in [0.25, 0.3) is 17.7 Å². The Labute approximate surface area is 242 Å². The Bertz CT molecular complexity index is 1520. The molecule has 0 aliphatic heterocycles. The first-order valence-electron chi connectivity index (χ1n) is 10.7. The second kappa shape index (κ2) is 12.5. The summed E-state index contributed by atoms with van der Waals surface area (Å²) in [7, 11) is 0. The molecule has 2 heterocycles. The highest BCUT2D eigenvalue weighted by molar-refractivity contribution is 9.10. The second-order valence-corrected chi connectivity index (χ2v) is 9.98. The van der Waals surface area contributed by atoms with E-state index in [1.54, 1.807) is 36.4 Å². The van der Waals surface area contributed by atoms with Crippen LogP contribution in [0.5, 0.6) is 0 Å². The van der Waals surface area contributed by atoms with Crippen LogP contribution in [0.25, 0.3) is 5.82 Å². The Morgan fingerprint density at radius 3 is 2.45 bits per heavy atom. The summed E-state index contributed by atoms with van der Waals surface area (Å²) in [5.74, 6) is -1.62. The van der Waals surface area contributed by atoms with E-state index in [1.165, 1.54) is 29.1 Å². The number of hydrogen-bond acceptors (Lipinski definition) is 6. The van der Waals surface area contributed by atoms with Crippen molar-refractivity contribution in [3.63, 3.8) is 0 Å². The molecule has 4 rings (SSSR count). The van der Waals surface area contributed by atoms with E-state index in [4.69, 9.17) is 28.0 Å². The molecule has 4 aromatic rings. The molecule has 0 unspecified atom stereocenters. The Hall–Kier alpha value is -3.29. The molecule has 3 N–H and O–H groups in total. The van der Waals surface area contributed by atoms with Crippen molar-refractivity contribution in [2.45, 2.75) is 0 Å². The molecule has 0 radical (unpaired) electrons. The molecule has 10 nitrogen and oxygen atoms in total. The number of amides is 3. The maximum absolute atomic E-state index is 13.3. The molecule has 14 heteroatoms. The summed E-state index contributed by atoms with van der Waals surface area (Å²) in [5, 5.41) is 10.0. The lowest BCUT2D eigenvalue weighted by molar-refractivity contribution is -0.122. The van der Waals surface area contributed by atoms with Gasteiger partial charge in [-0.2, -0.15) is 5.10 Å². The van der Waals surface area contributed by atoms with E-state index in [1.807, 2.05) is 6.07 Å². The highest BCUT2D eigenvalue weighted by Crippen LogP contribution is 2.32. The first-order chi connectivity index (χ1) is 18.2. The van der Waals surface area contributed by atoms with Crippen LogP contribution < -0.4 is 16.1 Å². The number of carbonyl (C=O) groups excluding carboxylic acids is 3. The van der Waals surface area contributed by atoms with E-state index in [0.717, 1.165) is 0 Å². The van der Waals surface area contributed by atoms with Crippen LogP contribution in [0.15, 0.2) is 75.9 Å². The third kappa shape index (κ3) is 6.77. The van der Waals surface area contributed by atoms with Crippen molar-refractivity contribution in [2.24, 2.45) is 0 Å². The number of nitrogens with zero attached hydrogens (tertiary/aromatic N) is 3. The van der Waals surface area contributed by atoms with E-state index >= 15 is 0 Å². The number of rotatable bonds is 8. The molecule has 0 fully saturated rings. The molecule has 2 aromatic heterocycles. The van der Waals surface area contributed by atoms with Gasteiger partial charge in [-0.05, 0) is 68.3 Å². The zero-order chi connectivity index (χ0) is 27.2. The van der Waals surface area contributed by atoms with E-state index in [-0.39, 0.29) is 32.8 Å². The van der Waals surface area contributed by atoms with Gasteiger partial charge in [0.1, 0.15) is 10.3 Å². The predicted octanol–water partition coefficient (Wildman–Crippen LogP) is 5.65. The van der Waals surface area contributed by atoms with Gasteiger partial charge in [0.05, 0.1) is 16.3 Å². The van der Waals surface area contributed by atoms with Crippen LogP contribution in [0.2, 0.25) is 10.0 Å². The Morgan fingerprint density at radius 1 is 0.947 bits per heavy atom. The fourth-order valence-electron chi connectivity index (χ4n) is 3.21. The highest BCUT2D eigenvalue weighted by Gasteiger charge is 2.23. The molecule has 38 heavy (non-hydrogen) atoms. The van der Waals surface area contributed by atoms with Gasteiger partial charge in [-0.1, -0.05) is 41.4 Å². The van der Waals surface area contributed by atoms with Crippen LogP contribution in [0, 0.1) is 0 Å². The number of halogens is 4. The Morgan fingerprint density at radius 2 is 1.71 bits per heavy atom. The standard InChI is InChI=1S/C24H16Br2Cl2N6O4/c25-16-10-13(27)9-15(23(36)33-38-12-20(35)30-14-5-2-1-3-6-14)21(16)31-24(37)18-11-19(26)32-34(18)22-17(28)7-4-8-29-22/h1-11H,12H2,(H,30,35)(H,31,37)(H,33,36). The predicted molar refractivity (Wildman–Crippen MR) is 150 cm³/mol. The Kier molecular flexibility index (Phi) is 9.13. The van der Waals surface area contributed by atoms with Gasteiger partial charge in [-0.25, -0.2) is 15.1 Å². The average molecular weight is 683 g/mol. The first-order valence-corrected chi connectivity index (χ1v) is 13.0. The van der Waals surface area contributed by atoms with Crippen LogP contribution in [-0.4, -0.2) is 39.1 Å². The monoisotopic (exact) mass is 680 g/mol. The van der Waals surface area contributed by atoms with Crippen LogP contribution in [0.1, 0.15) is 20.8 Å². The lowest BCUT2D eigenvalue weighted by atomic mass is 10.1. The molecule has 194 valence electrons. The zero-order valence-electron chi connectivity index (χ0n) is 19.0. The SMILES string of the molecule is O=C(CONC(=O)c1cc(Cl)cc(Br)c1NC(=O)c1cc(Br)nn1-c1ncccc1Cl)Nc1ccccc1. The topological polar surface area (TPSA) is 127 Å². The van der Waals surface area contributed by atoms with Crippen molar-refractivity contribution in [3.8, 4) is 5.82 Å². The van der Waals surface area contributed by atoms with Crippen LogP contribution in [-0.2, 0) is 9.63 Å². The van der Waals surface area contributed by atoms with Crippen molar-refractivity contribution in [2.75, 3.05) is 17.2 Å². The highest BCUT2D eigenvalue weighted by atomic mass is 79.9. The summed E-state index contributed by atoms with van der Waals surface area (Å²) in [6.07, 6.45) is 1.51. The van der Waals surface area contributed by atoms with Crippen LogP contribution in [0.3, 0.4) is 0 Å². The molecule has 0 aliphatic carbocycles. The van der Waals surface area contributed by atoms with Gasteiger partial charge in [0, 0.05) is 27.4 Å². The third-order valence-electron chi connectivity index (χ3n) is 4.82. The van der Waals surface area contributed by atoms with Gasteiger partial charge in [0.15, 0.2) is 12.4 Å². The molecular formula is C24H16Br2Cl2N6O4. The minimum atomic E-state index is -0.751. The minimum Gasteiger partial charge on any atom is -0.324 e. The number of pyridine rings is 1. The van der Waals surface area contributed by atoms with Crippen molar-refractivity contribution in [1.82, 2.24) is 20.2 Å². The minimum absolute atomic E-state index is 0.0257. The molecule has 0 saturated carbocycles. The lowest BCUT2D eigenvalue weighted by Gasteiger charge is -2.14. The van der Waals surface area contributed by atoms with Crippen molar-refractivity contribution < 1.29 is 19.2 Å². The molecule has 0 atom stereocenters. The number of anilines is 2. The molecule has 0 saturated heterocycles. The molecule has 3 amide bonds. The number of aromatic nitrogens is 3. The van der Waals surface area contributed by atoms with Gasteiger partial charge in [-0.15, -0.1) is 0 Å². The second-order valence-electron chi connectivity index (χ2n) is 7.47. The summed E-state index contributed by atoms with van der Waals surface area (Å²) < 4.78 is 1.95. The summed E-state index contributed by atoms with van der Waals surface area (Å²) >= 11 is 19.0. The first kappa shape index (κ1) is 27.7. The normalized spacial score (nSPS) is 10.6. The van der Waals surface area contributed by atoms with Crippen molar-refractivity contribution >= 4 is 84.2 Å². The summed E-state index contributed by atoms with van der Waals surface area (Å²) in [6.45, 7) is -0.456. The number of benzene rings is 2. The van der Waals surface area contributed by atoms with Gasteiger partial charge in [-0.3, -0.25) is 19.2 Å². The van der Waals surface area contributed by atoms with E-state index in [0.29, 0.717) is 14.8 Å². The molecule has 2 aromatic carbocycles. The van der Waals surface area contributed by atoms with Gasteiger partial charge in [0.2, 0.25) is 0 Å². The number of nitrogens with one attached hydrogen (secondary N) is 3. The smallest absolute Gasteiger partial charge is 0.277 e. The van der Waals surface area contributed by atoms with Crippen molar-refractivity contribution in [1.29, 1.82) is 0 Å². The quantitative estimate of drug-likeness (QED) is 0.206. The third-order valence-corrected chi connectivity index (χ3v) is 6.34. The molecule has 0 aliphatic rings. The van der Waals surface area contributed by atoms with Crippen molar-refractivity contribution in [3.05, 3.63) is 97.2 Å². The fraction of sp³-hybridized carbons (Fsp3) is 0.0417. The molecule has 0 bridgehead atoms. The zero-order valence-corrected chi connectivity index (χ0v) is 23.7. The van der Waals surface area contributed by atoms with E-state index in [9.17, 15) is 14.4 Å². The van der Waals surface area contributed by atoms with Crippen LogP contribution >= 0.6 is 55.1 Å². The largest absolute Gasteiger partial charge is 0.324 e. The molecular weight excluding hydrogens is 667 g/mol. The van der Waals surface area contributed by atoms with E-state index in [2.05, 4.69) is 58.1 Å². The number of hydrogen-bond donors (Lipinski definition) is 3. The number of hydroxylamine groups is 1.